The lowest BCUT2D eigenvalue weighted by Crippen LogP contribution is -2.32. The van der Waals surface area contributed by atoms with Crippen molar-refractivity contribution >= 4 is 21.8 Å². The summed E-state index contributed by atoms with van der Waals surface area (Å²) in [6.45, 7) is 8.87. The summed E-state index contributed by atoms with van der Waals surface area (Å²) in [5.74, 6) is -0.000231. The van der Waals surface area contributed by atoms with Crippen molar-refractivity contribution in [3.8, 4) is 0 Å². The molecule has 1 aromatic rings. The van der Waals surface area contributed by atoms with Crippen molar-refractivity contribution in [3.05, 3.63) is 22.4 Å². The van der Waals surface area contributed by atoms with Gasteiger partial charge in [-0.15, -0.1) is 0 Å². The molecule has 0 spiro atoms. The lowest BCUT2D eigenvalue weighted by Gasteiger charge is -2.20. The molecule has 0 aliphatic heterocycles. The third kappa shape index (κ3) is 4.99. The predicted octanol–water partition coefficient (Wildman–Crippen LogP) is 2.73. The Morgan fingerprint density at radius 2 is 2.21 bits per heavy atom. The number of hydrogen-bond acceptors (Lipinski definition) is 2. The van der Waals surface area contributed by atoms with Crippen LogP contribution in [0.3, 0.4) is 0 Å². The average molecular weight is 330 g/mol. The zero-order valence-corrected chi connectivity index (χ0v) is 13.8. The first kappa shape index (κ1) is 16.2. The Labute approximate surface area is 124 Å². The topological polar surface area (TPSA) is 37.3 Å². The second-order valence-corrected chi connectivity index (χ2v) is 5.93. The first-order valence-electron chi connectivity index (χ1n) is 6.79. The minimum Gasteiger partial charge on any atom is -0.351 e. The van der Waals surface area contributed by atoms with E-state index in [9.17, 15) is 4.79 Å². The van der Waals surface area contributed by atoms with Crippen LogP contribution < -0.4 is 5.32 Å². The third-order valence-electron chi connectivity index (χ3n) is 3.29. The highest BCUT2D eigenvalue weighted by molar-refractivity contribution is 9.10. The molecule has 0 unspecified atom stereocenters. The summed E-state index contributed by atoms with van der Waals surface area (Å²) < 4.78 is 2.89. The number of aryl methyl sites for hydroxylation is 1. The minimum absolute atomic E-state index is 0.000231. The second-order valence-electron chi connectivity index (χ2n) is 5.01. The Morgan fingerprint density at radius 1 is 1.53 bits per heavy atom. The molecule has 0 fully saturated rings. The average Bonchev–Trinajstić information content (AvgIpc) is 2.75. The molecule has 0 saturated carbocycles. The van der Waals surface area contributed by atoms with E-state index in [-0.39, 0.29) is 5.91 Å². The van der Waals surface area contributed by atoms with Gasteiger partial charge in [0.05, 0.1) is 0 Å². The number of nitrogens with zero attached hydrogens (tertiary/aromatic N) is 2. The van der Waals surface area contributed by atoms with Gasteiger partial charge in [-0.25, -0.2) is 0 Å². The summed E-state index contributed by atoms with van der Waals surface area (Å²) in [7, 11) is 2.10. The van der Waals surface area contributed by atoms with Crippen LogP contribution in [-0.2, 0) is 6.54 Å². The SMILES string of the molecule is CCn1cc(Br)cc1C(=O)NCCCN(C)C(C)C. The lowest BCUT2D eigenvalue weighted by molar-refractivity contribution is 0.0942. The molecule has 1 aromatic heterocycles. The van der Waals surface area contributed by atoms with Crippen molar-refractivity contribution < 1.29 is 4.79 Å². The monoisotopic (exact) mass is 329 g/mol. The molecule has 0 radical (unpaired) electrons. The zero-order chi connectivity index (χ0) is 14.4. The standard InChI is InChI=1S/C14H24BrN3O/c1-5-18-10-12(15)9-13(18)14(19)16-7-6-8-17(4)11(2)3/h9-11H,5-8H2,1-4H3,(H,16,19). The molecule has 19 heavy (non-hydrogen) atoms. The smallest absolute Gasteiger partial charge is 0.267 e. The number of nitrogens with one attached hydrogen (secondary N) is 1. The van der Waals surface area contributed by atoms with Gasteiger partial charge in [-0.1, -0.05) is 0 Å². The molecule has 0 bridgehead atoms. The Morgan fingerprint density at radius 3 is 2.79 bits per heavy atom. The van der Waals surface area contributed by atoms with E-state index >= 15 is 0 Å². The molecule has 1 amide bonds. The number of amides is 1. The maximum Gasteiger partial charge on any atom is 0.267 e. The quantitative estimate of drug-likeness (QED) is 0.781. The van der Waals surface area contributed by atoms with Gasteiger partial charge in [0.2, 0.25) is 0 Å². The van der Waals surface area contributed by atoms with E-state index in [0.717, 1.165) is 24.0 Å². The molecular formula is C14H24BrN3O. The molecule has 5 heteroatoms. The van der Waals surface area contributed by atoms with E-state index in [2.05, 4.69) is 47.0 Å². The van der Waals surface area contributed by atoms with E-state index in [1.807, 2.05) is 23.8 Å². The van der Waals surface area contributed by atoms with E-state index in [1.54, 1.807) is 0 Å². The maximum absolute atomic E-state index is 12.0. The molecule has 0 aromatic carbocycles. The maximum atomic E-state index is 12.0. The predicted molar refractivity (Wildman–Crippen MR) is 82.5 cm³/mol. The van der Waals surface area contributed by atoms with E-state index in [1.165, 1.54) is 0 Å². The summed E-state index contributed by atoms with van der Waals surface area (Å²) in [6.07, 6.45) is 2.90. The highest BCUT2D eigenvalue weighted by Crippen LogP contribution is 2.14. The fourth-order valence-electron chi connectivity index (χ4n) is 1.81. The molecule has 0 saturated heterocycles. The van der Waals surface area contributed by atoms with Crippen LogP contribution >= 0.6 is 15.9 Å². The van der Waals surface area contributed by atoms with Crippen LogP contribution in [0.1, 0.15) is 37.7 Å². The fourth-order valence-corrected chi connectivity index (χ4v) is 2.27. The highest BCUT2D eigenvalue weighted by Gasteiger charge is 2.11. The van der Waals surface area contributed by atoms with Crippen LogP contribution in [0.25, 0.3) is 0 Å². The summed E-state index contributed by atoms with van der Waals surface area (Å²) in [5.41, 5.74) is 0.714. The van der Waals surface area contributed by atoms with Crippen LogP contribution in [0.2, 0.25) is 0 Å². The number of carbonyl (C=O) groups excluding carboxylic acids is 1. The summed E-state index contributed by atoms with van der Waals surface area (Å²) >= 11 is 3.40. The number of rotatable bonds is 7. The summed E-state index contributed by atoms with van der Waals surface area (Å²) in [4.78, 5) is 14.3. The molecule has 0 aliphatic carbocycles. The molecule has 1 rings (SSSR count). The molecule has 0 atom stereocenters. The molecule has 1 N–H and O–H groups in total. The third-order valence-corrected chi connectivity index (χ3v) is 3.72. The van der Waals surface area contributed by atoms with Crippen LogP contribution in [0.5, 0.6) is 0 Å². The van der Waals surface area contributed by atoms with E-state index < -0.39 is 0 Å². The number of carbonyl (C=O) groups is 1. The minimum atomic E-state index is -0.000231. The van der Waals surface area contributed by atoms with Crippen LogP contribution in [-0.4, -0.2) is 41.6 Å². The Kier molecular flexibility index (Phi) is 6.58. The largest absolute Gasteiger partial charge is 0.351 e. The Hall–Kier alpha value is -0.810. The van der Waals surface area contributed by atoms with Gasteiger partial charge in [0.1, 0.15) is 5.69 Å². The van der Waals surface area contributed by atoms with Crippen molar-refractivity contribution in [2.24, 2.45) is 0 Å². The molecule has 1 heterocycles. The zero-order valence-electron chi connectivity index (χ0n) is 12.2. The summed E-state index contributed by atoms with van der Waals surface area (Å²) in [5, 5.41) is 2.97. The van der Waals surface area contributed by atoms with Crippen LogP contribution in [0, 0.1) is 0 Å². The molecule has 108 valence electrons. The summed E-state index contributed by atoms with van der Waals surface area (Å²) in [6, 6.07) is 2.41. The normalized spacial score (nSPS) is 11.3. The van der Waals surface area contributed by atoms with Crippen molar-refractivity contribution in [1.82, 2.24) is 14.8 Å². The first-order chi connectivity index (χ1) is 8.95. The van der Waals surface area contributed by atoms with Gasteiger partial charge in [-0.3, -0.25) is 4.79 Å². The van der Waals surface area contributed by atoms with E-state index in [0.29, 0.717) is 18.3 Å². The molecule has 0 aliphatic rings. The van der Waals surface area contributed by atoms with Crippen molar-refractivity contribution in [2.45, 2.75) is 39.8 Å². The van der Waals surface area contributed by atoms with Gasteiger partial charge in [0.15, 0.2) is 0 Å². The van der Waals surface area contributed by atoms with Gasteiger partial charge >= 0.3 is 0 Å². The van der Waals surface area contributed by atoms with Gasteiger partial charge < -0.3 is 14.8 Å². The molecular weight excluding hydrogens is 306 g/mol. The van der Waals surface area contributed by atoms with E-state index in [4.69, 9.17) is 0 Å². The second kappa shape index (κ2) is 7.70. The van der Waals surface area contributed by atoms with Crippen LogP contribution in [0.4, 0.5) is 0 Å². The van der Waals surface area contributed by atoms with Gasteiger partial charge in [0.25, 0.3) is 5.91 Å². The number of halogens is 1. The Balaban J connectivity index is 2.39. The highest BCUT2D eigenvalue weighted by atomic mass is 79.9. The van der Waals surface area contributed by atoms with Crippen molar-refractivity contribution in [3.63, 3.8) is 0 Å². The lowest BCUT2D eigenvalue weighted by atomic mass is 10.3. The number of aromatic nitrogens is 1. The number of hydrogen-bond donors (Lipinski definition) is 1. The Bertz CT molecular complexity index is 415. The van der Waals surface area contributed by atoms with Crippen molar-refractivity contribution in [1.29, 1.82) is 0 Å². The first-order valence-corrected chi connectivity index (χ1v) is 7.59. The fraction of sp³-hybridized carbons (Fsp3) is 0.643. The van der Waals surface area contributed by atoms with Gasteiger partial charge in [-0.05, 0) is 62.8 Å². The van der Waals surface area contributed by atoms with Crippen LogP contribution in [0.15, 0.2) is 16.7 Å². The molecule has 4 nitrogen and oxygen atoms in total. The van der Waals surface area contributed by atoms with Gasteiger partial charge in [0, 0.05) is 29.8 Å². The van der Waals surface area contributed by atoms with Crippen molar-refractivity contribution in [2.75, 3.05) is 20.1 Å². The van der Waals surface area contributed by atoms with Gasteiger partial charge in [-0.2, -0.15) is 0 Å².